The molecule has 0 radical (unpaired) electrons. The largest absolute Gasteiger partial charge is 2.00 e. The third kappa shape index (κ3) is 8.12. The second-order valence-corrected chi connectivity index (χ2v) is 12.1. The maximum Gasteiger partial charge on any atom is 2.00 e. The first-order valence-electron chi connectivity index (χ1n) is 15.8. The molecule has 4 N–H and O–H groups in total. The van der Waals surface area contributed by atoms with Crippen molar-refractivity contribution in [2.45, 2.75) is 78.7 Å². The van der Waals surface area contributed by atoms with Gasteiger partial charge in [0.1, 0.15) is 0 Å². The molecule has 0 amide bonds. The number of carbonyl (C=O) groups is 4. The maximum atomic E-state index is 11.6. The van der Waals surface area contributed by atoms with Crippen LogP contribution in [0.4, 0.5) is 0 Å². The van der Waals surface area contributed by atoms with Gasteiger partial charge in [-0.15, -0.1) is 21.4 Å². The number of carbonyl (C=O) groups excluding carboxylic acids is 1. The van der Waals surface area contributed by atoms with E-state index in [0.29, 0.717) is 51.4 Å². The Bertz CT molecular complexity index is 2130. The Balaban J connectivity index is 0.00000541. The van der Waals surface area contributed by atoms with E-state index in [4.69, 9.17) is 19.7 Å². The van der Waals surface area contributed by atoms with Gasteiger partial charge in [-0.2, -0.15) is 0 Å². The summed E-state index contributed by atoms with van der Waals surface area (Å²) in [5.41, 5.74) is 8.69. The summed E-state index contributed by atoms with van der Waals surface area (Å²) >= 11 is 0. The predicted molar refractivity (Wildman–Crippen MR) is 178 cm³/mol. The van der Waals surface area contributed by atoms with Crippen molar-refractivity contribution in [3.05, 3.63) is 77.3 Å². The minimum atomic E-state index is -0.934. The van der Waals surface area contributed by atoms with Gasteiger partial charge in [0.05, 0.1) is 18.4 Å². The van der Waals surface area contributed by atoms with Crippen LogP contribution in [0.3, 0.4) is 0 Å². The molecule has 260 valence electrons. The number of rotatable bonds is 13. The molecule has 5 rings (SSSR count). The predicted octanol–water partition coefficient (Wildman–Crippen LogP) is 0.838. The van der Waals surface area contributed by atoms with Gasteiger partial charge >= 0.3 is 38.3 Å². The number of fused-ring (bicyclic) bond motifs is 7. The Morgan fingerprint density at radius 1 is 0.755 bits per heavy atom. The van der Waals surface area contributed by atoms with Gasteiger partial charge in [-0.05, 0) is 69.2 Å². The fourth-order valence-corrected chi connectivity index (χ4v) is 6.47. The van der Waals surface area contributed by atoms with Crippen molar-refractivity contribution in [2.24, 2.45) is 4.99 Å². The molecule has 0 saturated heterocycles. The number of ether oxygens (including phenoxy) is 1. The zero-order valence-corrected chi connectivity index (χ0v) is 29.2. The molecule has 13 heteroatoms. The number of aromatic nitrogens is 3. The van der Waals surface area contributed by atoms with E-state index in [9.17, 15) is 34.5 Å². The van der Waals surface area contributed by atoms with Crippen molar-refractivity contribution in [3.63, 3.8) is 0 Å². The molecule has 5 heterocycles. The number of H-pyrrole nitrogens is 1. The Hall–Kier alpha value is -4.73. The van der Waals surface area contributed by atoms with E-state index in [0.717, 1.165) is 44.5 Å². The third-order valence-electron chi connectivity index (χ3n) is 9.19. The molecule has 2 aliphatic heterocycles. The Morgan fingerprint density at radius 2 is 1.31 bits per heavy atom. The summed E-state index contributed by atoms with van der Waals surface area (Å²) in [6, 6.07) is -0.445. The van der Waals surface area contributed by atoms with E-state index in [1.807, 2.05) is 52.0 Å². The molecule has 0 saturated carbocycles. The van der Waals surface area contributed by atoms with Crippen LogP contribution in [0.2, 0.25) is 0 Å². The van der Waals surface area contributed by atoms with Crippen LogP contribution in [0, 0.1) is 20.8 Å². The van der Waals surface area contributed by atoms with E-state index < -0.39 is 23.9 Å². The van der Waals surface area contributed by atoms with Gasteiger partial charge in [0.25, 0.3) is 6.47 Å². The van der Waals surface area contributed by atoms with Gasteiger partial charge in [-0.25, -0.2) is 0 Å². The Kier molecular flexibility index (Phi) is 11.9. The summed E-state index contributed by atoms with van der Waals surface area (Å²) < 4.78 is 5.03. The number of aromatic amines is 1. The van der Waals surface area contributed by atoms with Crippen LogP contribution in [-0.4, -0.2) is 63.0 Å². The number of hydrogen-bond donors (Lipinski definition) is 4. The van der Waals surface area contributed by atoms with E-state index in [1.54, 1.807) is 0 Å². The summed E-state index contributed by atoms with van der Waals surface area (Å²) in [7, 11) is 0. The topological polar surface area (TPSA) is 195 Å². The molecule has 8 bridgehead atoms. The van der Waals surface area contributed by atoms with E-state index in [1.165, 1.54) is 0 Å². The number of nitrogens with zero attached hydrogens (tertiary/aromatic N) is 3. The molecule has 1 atom stereocenters. The number of nitrogens with one attached hydrogen (secondary N) is 1. The normalized spacial score (nSPS) is 17.6. The zero-order chi connectivity index (χ0) is 34.7. The van der Waals surface area contributed by atoms with Crippen LogP contribution in [0.25, 0.3) is 24.3 Å². The maximum absolute atomic E-state index is 11.6. The van der Waals surface area contributed by atoms with Gasteiger partial charge in [0.15, 0.2) is 0 Å². The van der Waals surface area contributed by atoms with E-state index in [2.05, 4.69) is 4.98 Å². The molecule has 0 aliphatic carbocycles. The van der Waals surface area contributed by atoms with Crippen molar-refractivity contribution in [2.75, 3.05) is 6.61 Å². The first-order chi connectivity index (χ1) is 22.9. The summed E-state index contributed by atoms with van der Waals surface area (Å²) in [5, 5.41) is 31.0. The Morgan fingerprint density at radius 3 is 1.94 bits per heavy atom. The fourth-order valence-electron chi connectivity index (χ4n) is 6.47. The van der Waals surface area contributed by atoms with E-state index >= 15 is 0 Å². The molecule has 3 aromatic heterocycles. The van der Waals surface area contributed by atoms with Crippen LogP contribution in [0.5, 0.6) is 0 Å². The van der Waals surface area contributed by atoms with Gasteiger partial charge in [-0.1, -0.05) is 46.6 Å². The number of aliphatic carboxylic acids is 3. The minimum Gasteiger partial charge on any atom is -0.658 e. The van der Waals surface area contributed by atoms with Gasteiger partial charge < -0.3 is 35.0 Å². The average molecular weight is 761 g/mol. The van der Waals surface area contributed by atoms with E-state index in [-0.39, 0.29) is 65.6 Å². The molecule has 2 aliphatic rings. The third-order valence-corrected chi connectivity index (χ3v) is 9.19. The van der Waals surface area contributed by atoms with Crippen molar-refractivity contribution in [3.8, 4) is 0 Å². The number of carboxylic acids is 3. The van der Waals surface area contributed by atoms with Crippen LogP contribution in [-0.2, 0) is 63.6 Å². The quantitative estimate of drug-likeness (QED) is 0.110. The molecule has 0 fully saturated rings. The molecule has 0 aromatic carbocycles. The van der Waals surface area contributed by atoms with Gasteiger partial charge in [-0.3, -0.25) is 24.2 Å². The summed E-state index contributed by atoms with van der Waals surface area (Å²) in [6.07, 6.45) is 8.48. The average Bonchev–Trinajstić information content (AvgIpc) is 3.68. The molecule has 3 aromatic rings. The van der Waals surface area contributed by atoms with Crippen molar-refractivity contribution in [1.82, 2.24) is 15.0 Å². The number of hydrogen-bond acceptors (Lipinski definition) is 6. The molecule has 12 nitrogen and oxygen atoms in total. The summed E-state index contributed by atoms with van der Waals surface area (Å²) in [6.45, 7) is 8.22. The smallest absolute Gasteiger partial charge is 0.658 e. The van der Waals surface area contributed by atoms with Crippen LogP contribution >= 0.6 is 0 Å². The number of aliphatic imine (C=N–C) groups is 1. The van der Waals surface area contributed by atoms with Crippen LogP contribution in [0.15, 0.2) is 16.1 Å². The molecule has 0 spiro atoms. The van der Waals surface area contributed by atoms with Gasteiger partial charge in [0, 0.05) is 37.1 Å². The standard InChI is InChI=1S/C36H40N4O8.Pd/c1-18-22(5-8-34(42)43)30-13-27-19(2)23(6-9-35(44)45)32(38-27)15-29-21(4)25(11-12-48-17-41)33(40-29)16-28-20(3)24(7-10-36(46)47)31(39-28)14-26(18)37-30;/h13-17,28H,5-12H2,1-4H3,(H6,37,38,39,40,42,43,44,45,46,47);/q;+2/p-2/b33-16-;. The molecule has 49 heavy (non-hydrogen) atoms. The first kappa shape index (κ1) is 37.1. The fraction of sp³-hybridized carbons (Fsp3) is 0.361. The molecular weight excluding hydrogens is 723 g/mol. The van der Waals surface area contributed by atoms with Gasteiger partial charge in [0.2, 0.25) is 0 Å². The van der Waals surface area contributed by atoms with Crippen LogP contribution in [0.1, 0.15) is 77.4 Å². The monoisotopic (exact) mass is 760 g/mol. The number of carboxylic acid groups (broad SMARTS) is 3. The van der Waals surface area contributed by atoms with Crippen molar-refractivity contribution in [1.29, 1.82) is 0 Å². The second-order valence-electron chi connectivity index (χ2n) is 12.1. The minimum absolute atomic E-state index is 0. The summed E-state index contributed by atoms with van der Waals surface area (Å²) in [4.78, 5) is 64.1. The SMILES string of the molecule is CC1=C(CCC(=O)O)C2=NC1/C=c1\[n-]/c(c(C)c1CCOC=O)=C\c1[nH]c(c(C)c1CCC(=O)O)/C=c1\[n-]/c(c(C)c1CCC(=O)O)=C\2.[Pd+2]. The van der Waals surface area contributed by atoms with Crippen LogP contribution < -0.4 is 31.4 Å². The summed E-state index contributed by atoms with van der Waals surface area (Å²) in [5.74, 6) is -2.78. The number of allylic oxidation sites excluding steroid dienone is 1. The van der Waals surface area contributed by atoms with Crippen molar-refractivity contribution >= 4 is 54.4 Å². The second kappa shape index (κ2) is 15.7. The first-order valence-corrected chi connectivity index (χ1v) is 15.8. The van der Waals surface area contributed by atoms with Crippen molar-refractivity contribution < 1.29 is 59.7 Å². The Labute approximate surface area is 295 Å². The zero-order valence-electron chi connectivity index (χ0n) is 27.7. The molecular formula is C36H38N4O8Pd. The molecule has 1 unspecified atom stereocenters.